The molecule has 1 aromatic heterocycles. The molecule has 0 saturated carbocycles. The van der Waals surface area contributed by atoms with Crippen LogP contribution in [-0.2, 0) is 25.5 Å². The Balaban J connectivity index is 1.84. The molecule has 14 nitrogen and oxygen atoms in total. The average Bonchev–Trinajstić information content (AvgIpc) is 3.42. The van der Waals surface area contributed by atoms with E-state index in [1.165, 1.54) is 12.7 Å². The molecule has 11 atom stereocenters. The first-order valence-corrected chi connectivity index (χ1v) is 14.7. The van der Waals surface area contributed by atoms with Gasteiger partial charge in [-0.2, -0.15) is 5.10 Å². The molecule has 0 aliphatic carbocycles. The second-order valence-electron chi connectivity index (χ2n) is 12.2. The van der Waals surface area contributed by atoms with Gasteiger partial charge in [0.1, 0.15) is 18.8 Å². The van der Waals surface area contributed by atoms with Gasteiger partial charge in [-0.1, -0.05) is 39.8 Å². The summed E-state index contributed by atoms with van der Waals surface area (Å²) < 4.78 is 19.5. The van der Waals surface area contributed by atoms with Crippen molar-refractivity contribution in [1.82, 2.24) is 20.1 Å². The molecule has 14 heteroatoms. The molecule has 240 valence electrons. The van der Waals surface area contributed by atoms with Crippen LogP contribution >= 0.6 is 0 Å². The molecule has 0 aromatic carbocycles. The maximum absolute atomic E-state index is 13.4. The lowest BCUT2D eigenvalue weighted by atomic mass is 9.81. The van der Waals surface area contributed by atoms with Crippen LogP contribution in [0, 0.1) is 17.8 Å². The number of nitrogens with two attached hydrogens (primary N) is 1. The molecule has 5 unspecified atom stereocenters. The number of aliphatic hydroxyl groups excluding tert-OH is 4. The SMILES string of the molecule is CC(C)/C=C/[C@@H](C[C@@H]1O[C@](O)(C[C@@H](O)C(C)C)C[C@H](O)[C@H]1C(=O)NCCn1cncn1)OC1OC(C)C(O)C(N)C1O. The highest BCUT2D eigenvalue weighted by Crippen LogP contribution is 2.38. The van der Waals surface area contributed by atoms with E-state index in [1.807, 2.05) is 19.9 Å². The summed E-state index contributed by atoms with van der Waals surface area (Å²) in [5.74, 6) is -3.53. The van der Waals surface area contributed by atoms with Crippen molar-refractivity contribution < 1.29 is 44.5 Å². The predicted molar refractivity (Wildman–Crippen MR) is 150 cm³/mol. The van der Waals surface area contributed by atoms with Crippen LogP contribution in [0.1, 0.15) is 53.9 Å². The van der Waals surface area contributed by atoms with Gasteiger partial charge < -0.3 is 50.8 Å². The van der Waals surface area contributed by atoms with E-state index in [1.54, 1.807) is 31.5 Å². The Morgan fingerprint density at radius 1 is 1.24 bits per heavy atom. The average molecular weight is 600 g/mol. The van der Waals surface area contributed by atoms with Gasteiger partial charge in [0.25, 0.3) is 0 Å². The largest absolute Gasteiger partial charge is 0.393 e. The zero-order valence-corrected chi connectivity index (χ0v) is 25.1. The molecule has 0 radical (unpaired) electrons. The summed E-state index contributed by atoms with van der Waals surface area (Å²) in [7, 11) is 0. The molecule has 3 heterocycles. The van der Waals surface area contributed by atoms with E-state index in [0.29, 0.717) is 6.54 Å². The molecule has 1 aromatic rings. The normalized spacial score (nSPS) is 35.5. The topological polar surface area (TPSA) is 215 Å². The summed E-state index contributed by atoms with van der Waals surface area (Å²) in [4.78, 5) is 17.3. The van der Waals surface area contributed by atoms with Crippen LogP contribution in [0.25, 0.3) is 0 Å². The maximum Gasteiger partial charge on any atom is 0.228 e. The van der Waals surface area contributed by atoms with Gasteiger partial charge in [0.05, 0.1) is 55.1 Å². The fraction of sp³-hybridized carbons (Fsp3) is 0.821. The smallest absolute Gasteiger partial charge is 0.228 e. The minimum atomic E-state index is -1.90. The van der Waals surface area contributed by atoms with Crippen LogP contribution in [-0.4, -0.2) is 114 Å². The zero-order chi connectivity index (χ0) is 31.2. The molecule has 2 saturated heterocycles. The molecule has 0 bridgehead atoms. The van der Waals surface area contributed by atoms with E-state index < -0.39 is 72.7 Å². The van der Waals surface area contributed by atoms with Crippen molar-refractivity contribution in [3.05, 3.63) is 24.8 Å². The third-order valence-electron chi connectivity index (χ3n) is 7.80. The number of aliphatic hydroxyl groups is 5. The molecular weight excluding hydrogens is 550 g/mol. The number of aromatic nitrogens is 3. The Hall–Kier alpha value is -2.01. The third kappa shape index (κ3) is 9.24. The van der Waals surface area contributed by atoms with Crippen molar-refractivity contribution in [3.8, 4) is 0 Å². The zero-order valence-electron chi connectivity index (χ0n) is 25.1. The van der Waals surface area contributed by atoms with Crippen molar-refractivity contribution in [3.63, 3.8) is 0 Å². The Morgan fingerprint density at radius 2 is 1.95 bits per heavy atom. The number of ether oxygens (including phenoxy) is 3. The van der Waals surface area contributed by atoms with E-state index in [-0.39, 0.29) is 37.6 Å². The van der Waals surface area contributed by atoms with Crippen molar-refractivity contribution >= 4 is 5.91 Å². The molecule has 42 heavy (non-hydrogen) atoms. The standard InChI is InChI=1S/C28H49N5O9/c1-15(2)6-7-18(41-27-25(37)23(29)24(36)17(5)40-27)10-21-22(26(38)31-8-9-33-14-30-13-32-33)20(35)12-28(39,42-21)11-19(34)16(3)4/h6-7,13-25,27,34-37,39H,8-12,29H2,1-5H3,(H,31,38)/b7-6+/t17?,18-,19+,20-,21-,22+,23?,24?,25?,27?,28+/m0/s1. The first kappa shape index (κ1) is 34.5. The summed E-state index contributed by atoms with van der Waals surface area (Å²) in [6.45, 7) is 9.71. The Morgan fingerprint density at radius 3 is 2.57 bits per heavy atom. The van der Waals surface area contributed by atoms with E-state index in [9.17, 15) is 30.3 Å². The Labute approximate surface area is 246 Å². The van der Waals surface area contributed by atoms with Crippen LogP contribution in [0.3, 0.4) is 0 Å². The molecule has 1 amide bonds. The van der Waals surface area contributed by atoms with Gasteiger partial charge >= 0.3 is 0 Å². The second kappa shape index (κ2) is 15.1. The minimum Gasteiger partial charge on any atom is -0.393 e. The number of rotatable bonds is 13. The summed E-state index contributed by atoms with van der Waals surface area (Å²) >= 11 is 0. The second-order valence-corrected chi connectivity index (χ2v) is 12.2. The first-order valence-electron chi connectivity index (χ1n) is 14.7. The number of allylic oxidation sites excluding steroid dienone is 1. The quantitative estimate of drug-likeness (QED) is 0.137. The Bertz CT molecular complexity index is 996. The third-order valence-corrected chi connectivity index (χ3v) is 7.80. The number of amides is 1. The summed E-state index contributed by atoms with van der Waals surface area (Å²) in [6.07, 6.45) is -2.33. The number of carbonyl (C=O) groups excluding carboxylic acids is 1. The lowest BCUT2D eigenvalue weighted by molar-refractivity contribution is -0.307. The minimum absolute atomic E-state index is 0.0136. The fourth-order valence-electron chi connectivity index (χ4n) is 5.21. The van der Waals surface area contributed by atoms with Crippen molar-refractivity contribution in [1.29, 1.82) is 0 Å². The van der Waals surface area contributed by atoms with Crippen molar-refractivity contribution in [2.75, 3.05) is 6.54 Å². The number of nitrogens with one attached hydrogen (secondary N) is 1. The van der Waals surface area contributed by atoms with E-state index in [4.69, 9.17) is 19.9 Å². The predicted octanol–water partition coefficient (Wildman–Crippen LogP) is -0.963. The summed E-state index contributed by atoms with van der Waals surface area (Å²) in [5.41, 5.74) is 6.00. The monoisotopic (exact) mass is 599 g/mol. The van der Waals surface area contributed by atoms with Gasteiger partial charge in [-0.3, -0.25) is 9.48 Å². The number of carbonyl (C=O) groups is 1. The molecule has 0 spiro atoms. The lowest BCUT2D eigenvalue weighted by Crippen LogP contribution is -2.62. The first-order chi connectivity index (χ1) is 19.7. The molecule has 2 aliphatic rings. The number of hydrogen-bond acceptors (Lipinski definition) is 12. The van der Waals surface area contributed by atoms with Gasteiger partial charge in [0.15, 0.2) is 12.1 Å². The van der Waals surface area contributed by atoms with Crippen LogP contribution in [0.5, 0.6) is 0 Å². The number of hydrogen-bond donors (Lipinski definition) is 7. The van der Waals surface area contributed by atoms with E-state index in [2.05, 4.69) is 15.4 Å². The summed E-state index contributed by atoms with van der Waals surface area (Å²) in [6, 6.07) is -1.01. The van der Waals surface area contributed by atoms with Crippen LogP contribution in [0.2, 0.25) is 0 Å². The highest BCUT2D eigenvalue weighted by molar-refractivity contribution is 5.80. The van der Waals surface area contributed by atoms with Crippen molar-refractivity contribution in [2.24, 2.45) is 23.5 Å². The van der Waals surface area contributed by atoms with Gasteiger partial charge in [-0.05, 0) is 18.8 Å². The molecule has 2 aliphatic heterocycles. The molecule has 8 N–H and O–H groups in total. The molecule has 2 fully saturated rings. The number of nitrogens with zero attached hydrogens (tertiary/aromatic N) is 3. The van der Waals surface area contributed by atoms with E-state index in [0.717, 1.165) is 0 Å². The Kier molecular flexibility index (Phi) is 12.4. The maximum atomic E-state index is 13.4. The van der Waals surface area contributed by atoms with Gasteiger partial charge in [0.2, 0.25) is 5.91 Å². The van der Waals surface area contributed by atoms with Gasteiger partial charge in [-0.25, -0.2) is 4.98 Å². The van der Waals surface area contributed by atoms with Crippen LogP contribution in [0.15, 0.2) is 24.8 Å². The fourth-order valence-corrected chi connectivity index (χ4v) is 5.21. The van der Waals surface area contributed by atoms with Gasteiger partial charge in [0, 0.05) is 25.8 Å². The molecular formula is C28H49N5O9. The summed E-state index contributed by atoms with van der Waals surface area (Å²) in [5, 5.41) is 60.8. The molecule has 3 rings (SSSR count). The van der Waals surface area contributed by atoms with Crippen LogP contribution in [0.4, 0.5) is 0 Å². The van der Waals surface area contributed by atoms with Crippen LogP contribution < -0.4 is 11.1 Å². The van der Waals surface area contributed by atoms with Gasteiger partial charge in [-0.15, -0.1) is 0 Å². The van der Waals surface area contributed by atoms with Crippen molar-refractivity contribution in [2.45, 2.75) is 121 Å². The highest BCUT2D eigenvalue weighted by atomic mass is 16.7. The van der Waals surface area contributed by atoms with E-state index >= 15 is 0 Å². The lowest BCUT2D eigenvalue weighted by Gasteiger charge is -2.46. The highest BCUT2D eigenvalue weighted by Gasteiger charge is 2.50.